The maximum atomic E-state index is 3.58. The SMILES string of the molecule is CNC1C(N2CCN(C)C(C)(C)C2)CCC1(C)C. The molecule has 0 bridgehead atoms. The van der Waals surface area contributed by atoms with Crippen molar-refractivity contribution in [3.63, 3.8) is 0 Å². The molecule has 0 aromatic heterocycles. The molecule has 0 radical (unpaired) electrons. The number of piperazine rings is 1. The van der Waals surface area contributed by atoms with Crippen LogP contribution in [0.5, 0.6) is 0 Å². The van der Waals surface area contributed by atoms with E-state index >= 15 is 0 Å². The molecule has 1 heterocycles. The molecule has 1 saturated heterocycles. The second-order valence-corrected chi connectivity index (χ2v) is 7.57. The Kier molecular flexibility index (Phi) is 3.79. The molecule has 3 nitrogen and oxygen atoms in total. The molecule has 3 heteroatoms. The molecule has 2 unspecified atom stereocenters. The van der Waals surface area contributed by atoms with Gasteiger partial charge in [-0.2, -0.15) is 0 Å². The average Bonchev–Trinajstić information content (AvgIpc) is 2.57. The summed E-state index contributed by atoms with van der Waals surface area (Å²) in [4.78, 5) is 5.23. The van der Waals surface area contributed by atoms with Crippen molar-refractivity contribution in [2.24, 2.45) is 5.41 Å². The van der Waals surface area contributed by atoms with E-state index in [2.05, 4.69) is 56.9 Å². The molecule has 0 spiro atoms. The van der Waals surface area contributed by atoms with Gasteiger partial charge < -0.3 is 5.32 Å². The normalized spacial score (nSPS) is 37.0. The van der Waals surface area contributed by atoms with Crippen LogP contribution in [0, 0.1) is 5.41 Å². The maximum Gasteiger partial charge on any atom is 0.0277 e. The zero-order valence-electron chi connectivity index (χ0n) is 13.1. The van der Waals surface area contributed by atoms with Gasteiger partial charge in [0.15, 0.2) is 0 Å². The number of rotatable bonds is 2. The average molecular weight is 253 g/mol. The fourth-order valence-corrected chi connectivity index (χ4v) is 3.90. The Hall–Kier alpha value is -0.120. The van der Waals surface area contributed by atoms with Gasteiger partial charge in [0.1, 0.15) is 0 Å². The van der Waals surface area contributed by atoms with E-state index < -0.39 is 0 Å². The standard InChI is InChI=1S/C15H31N3/c1-14(2)8-7-12(13(14)16-5)18-10-9-17(6)15(3,4)11-18/h12-13,16H,7-11H2,1-6H3. The van der Waals surface area contributed by atoms with E-state index in [9.17, 15) is 0 Å². The number of likely N-dealkylation sites (N-methyl/N-ethyl adjacent to an activating group) is 2. The zero-order chi connectivity index (χ0) is 13.6. The molecule has 2 aliphatic rings. The van der Waals surface area contributed by atoms with Gasteiger partial charge in [-0.15, -0.1) is 0 Å². The molecule has 1 aliphatic carbocycles. The predicted octanol–water partition coefficient (Wildman–Crippen LogP) is 1.79. The van der Waals surface area contributed by atoms with Crippen LogP contribution in [0.1, 0.15) is 40.5 Å². The third-order valence-corrected chi connectivity index (χ3v) is 5.44. The van der Waals surface area contributed by atoms with E-state index in [1.54, 1.807) is 0 Å². The monoisotopic (exact) mass is 253 g/mol. The second-order valence-electron chi connectivity index (χ2n) is 7.57. The Morgan fingerprint density at radius 1 is 1.11 bits per heavy atom. The molecule has 0 amide bonds. The molecule has 1 saturated carbocycles. The molecule has 2 fully saturated rings. The summed E-state index contributed by atoms with van der Waals surface area (Å²) in [5, 5.41) is 3.58. The molecule has 0 aromatic carbocycles. The van der Waals surface area contributed by atoms with Crippen molar-refractivity contribution in [2.75, 3.05) is 33.7 Å². The molecule has 1 N–H and O–H groups in total. The molecular formula is C15H31N3. The molecule has 0 aromatic rings. The smallest absolute Gasteiger partial charge is 0.0277 e. The summed E-state index contributed by atoms with van der Waals surface area (Å²) < 4.78 is 0. The van der Waals surface area contributed by atoms with E-state index in [0.29, 0.717) is 17.0 Å². The first-order valence-electron chi connectivity index (χ1n) is 7.40. The lowest BCUT2D eigenvalue weighted by atomic mass is 9.86. The van der Waals surface area contributed by atoms with Gasteiger partial charge in [-0.05, 0) is 46.2 Å². The zero-order valence-corrected chi connectivity index (χ0v) is 13.1. The lowest BCUT2D eigenvalue weighted by Crippen LogP contribution is -2.62. The minimum atomic E-state index is 0.309. The first-order chi connectivity index (χ1) is 8.28. The largest absolute Gasteiger partial charge is 0.315 e. The predicted molar refractivity (Wildman–Crippen MR) is 77.9 cm³/mol. The fraction of sp³-hybridized carbons (Fsp3) is 1.00. The van der Waals surface area contributed by atoms with Crippen LogP contribution in [0.2, 0.25) is 0 Å². The van der Waals surface area contributed by atoms with Crippen molar-refractivity contribution in [1.82, 2.24) is 15.1 Å². The van der Waals surface area contributed by atoms with Crippen LogP contribution >= 0.6 is 0 Å². The van der Waals surface area contributed by atoms with Crippen molar-refractivity contribution in [3.05, 3.63) is 0 Å². The Morgan fingerprint density at radius 3 is 2.33 bits per heavy atom. The van der Waals surface area contributed by atoms with Gasteiger partial charge in [0, 0.05) is 37.3 Å². The van der Waals surface area contributed by atoms with E-state index in [-0.39, 0.29) is 0 Å². The van der Waals surface area contributed by atoms with Crippen molar-refractivity contribution < 1.29 is 0 Å². The van der Waals surface area contributed by atoms with Crippen molar-refractivity contribution in [1.29, 1.82) is 0 Å². The first kappa shape index (κ1) is 14.3. The minimum absolute atomic E-state index is 0.309. The van der Waals surface area contributed by atoms with Crippen LogP contribution in [0.15, 0.2) is 0 Å². The summed E-state index contributed by atoms with van der Waals surface area (Å²) in [6.45, 7) is 13.2. The van der Waals surface area contributed by atoms with E-state index in [0.717, 1.165) is 6.04 Å². The van der Waals surface area contributed by atoms with Crippen molar-refractivity contribution in [2.45, 2.75) is 58.2 Å². The Morgan fingerprint density at radius 2 is 1.78 bits per heavy atom. The summed E-state index contributed by atoms with van der Waals surface area (Å²) in [7, 11) is 4.39. The highest BCUT2D eigenvalue weighted by Crippen LogP contribution is 2.40. The van der Waals surface area contributed by atoms with Gasteiger partial charge in [-0.25, -0.2) is 0 Å². The number of hydrogen-bond donors (Lipinski definition) is 1. The quantitative estimate of drug-likeness (QED) is 0.809. The van der Waals surface area contributed by atoms with E-state index in [4.69, 9.17) is 0 Å². The highest BCUT2D eigenvalue weighted by Gasteiger charge is 2.45. The lowest BCUT2D eigenvalue weighted by Gasteiger charge is -2.49. The highest BCUT2D eigenvalue weighted by molar-refractivity contribution is 5.03. The van der Waals surface area contributed by atoms with Crippen molar-refractivity contribution >= 4 is 0 Å². The van der Waals surface area contributed by atoms with Gasteiger partial charge in [-0.3, -0.25) is 9.80 Å². The summed E-state index contributed by atoms with van der Waals surface area (Å²) in [5.41, 5.74) is 0.746. The molecule has 1 aliphatic heterocycles. The van der Waals surface area contributed by atoms with Crippen molar-refractivity contribution in [3.8, 4) is 0 Å². The number of nitrogens with zero attached hydrogens (tertiary/aromatic N) is 2. The summed E-state index contributed by atoms with van der Waals surface area (Å²) in [5.74, 6) is 0. The first-order valence-corrected chi connectivity index (χ1v) is 7.40. The molecule has 2 atom stereocenters. The van der Waals surface area contributed by atoms with Crippen LogP contribution in [-0.2, 0) is 0 Å². The topological polar surface area (TPSA) is 18.5 Å². The third-order valence-electron chi connectivity index (χ3n) is 5.44. The van der Waals surface area contributed by atoms with Crippen LogP contribution in [-0.4, -0.2) is 61.2 Å². The van der Waals surface area contributed by atoms with Crippen LogP contribution in [0.25, 0.3) is 0 Å². The van der Waals surface area contributed by atoms with Gasteiger partial charge in [0.05, 0.1) is 0 Å². The van der Waals surface area contributed by atoms with Crippen LogP contribution in [0.3, 0.4) is 0 Å². The Bertz CT molecular complexity index is 298. The third kappa shape index (κ3) is 2.45. The van der Waals surface area contributed by atoms with Gasteiger partial charge in [0.2, 0.25) is 0 Å². The van der Waals surface area contributed by atoms with E-state index in [1.807, 2.05) is 0 Å². The highest BCUT2D eigenvalue weighted by atomic mass is 15.3. The maximum absolute atomic E-state index is 3.58. The molecular weight excluding hydrogens is 222 g/mol. The minimum Gasteiger partial charge on any atom is -0.315 e. The summed E-state index contributed by atoms with van der Waals surface area (Å²) >= 11 is 0. The van der Waals surface area contributed by atoms with Gasteiger partial charge in [0.25, 0.3) is 0 Å². The number of hydrogen-bond acceptors (Lipinski definition) is 3. The van der Waals surface area contributed by atoms with Crippen LogP contribution in [0.4, 0.5) is 0 Å². The fourth-order valence-electron chi connectivity index (χ4n) is 3.90. The summed E-state index contributed by atoms with van der Waals surface area (Å²) in [6, 6.07) is 1.36. The molecule has 18 heavy (non-hydrogen) atoms. The number of nitrogens with one attached hydrogen (secondary N) is 1. The summed E-state index contributed by atoms with van der Waals surface area (Å²) in [6.07, 6.45) is 2.69. The Balaban J connectivity index is 2.09. The second kappa shape index (κ2) is 4.77. The van der Waals surface area contributed by atoms with Gasteiger partial charge >= 0.3 is 0 Å². The molecule has 106 valence electrons. The lowest BCUT2D eigenvalue weighted by molar-refractivity contribution is 0.00833. The molecule has 2 rings (SSSR count). The van der Waals surface area contributed by atoms with Crippen LogP contribution < -0.4 is 5.32 Å². The van der Waals surface area contributed by atoms with E-state index in [1.165, 1.54) is 32.5 Å². The van der Waals surface area contributed by atoms with Gasteiger partial charge in [-0.1, -0.05) is 13.8 Å². The Labute approximate surface area is 113 Å².